The SMILES string of the molecule is C.CC(C)(C)N1C(=N)c2ccccc2C1=O. The monoisotopic (exact) mass is 218 g/mol. The molecular formula is C13H18N2O. The fraction of sp³-hybridized carbons (Fsp3) is 0.385. The van der Waals surface area contributed by atoms with Crippen molar-refractivity contribution >= 4 is 11.7 Å². The van der Waals surface area contributed by atoms with Crippen molar-refractivity contribution in [2.24, 2.45) is 0 Å². The third-order valence-corrected chi connectivity index (χ3v) is 2.51. The van der Waals surface area contributed by atoms with Gasteiger partial charge in [-0.15, -0.1) is 0 Å². The molecule has 3 heteroatoms. The molecule has 1 aliphatic rings. The standard InChI is InChI=1S/C12H14N2O.CH4/c1-12(2,3)14-10(13)8-6-4-5-7-9(8)11(14)15;/h4-7,13H,1-3H3;1H4. The molecule has 0 saturated heterocycles. The van der Waals surface area contributed by atoms with Gasteiger partial charge in [0, 0.05) is 11.1 Å². The zero-order valence-electron chi connectivity index (χ0n) is 9.16. The van der Waals surface area contributed by atoms with E-state index in [1.807, 2.05) is 39.0 Å². The summed E-state index contributed by atoms with van der Waals surface area (Å²) >= 11 is 0. The predicted octanol–water partition coefficient (Wildman–Crippen LogP) is 2.90. The molecule has 3 nitrogen and oxygen atoms in total. The lowest BCUT2D eigenvalue weighted by molar-refractivity contribution is 0.0765. The van der Waals surface area contributed by atoms with Crippen molar-refractivity contribution in [3.63, 3.8) is 0 Å². The van der Waals surface area contributed by atoms with E-state index in [1.54, 1.807) is 6.07 Å². The molecule has 16 heavy (non-hydrogen) atoms. The van der Waals surface area contributed by atoms with Gasteiger partial charge in [-0.05, 0) is 26.8 Å². The highest BCUT2D eigenvalue weighted by atomic mass is 16.2. The van der Waals surface area contributed by atoms with E-state index in [2.05, 4.69) is 0 Å². The smallest absolute Gasteiger partial charge is 0.260 e. The first-order chi connectivity index (χ1) is 6.93. The van der Waals surface area contributed by atoms with Gasteiger partial charge in [-0.1, -0.05) is 25.6 Å². The first-order valence-corrected chi connectivity index (χ1v) is 4.95. The van der Waals surface area contributed by atoms with Crippen LogP contribution in [0.3, 0.4) is 0 Å². The molecule has 1 aromatic carbocycles. The van der Waals surface area contributed by atoms with Crippen LogP contribution in [-0.4, -0.2) is 22.2 Å². The number of hydrogen-bond donors (Lipinski definition) is 1. The molecule has 0 aromatic heterocycles. The molecule has 86 valence electrons. The maximum atomic E-state index is 12.0. The zero-order chi connectivity index (χ0) is 11.2. The van der Waals surface area contributed by atoms with Gasteiger partial charge in [0.15, 0.2) is 0 Å². The molecule has 1 aliphatic heterocycles. The molecular weight excluding hydrogens is 200 g/mol. The van der Waals surface area contributed by atoms with E-state index in [0.717, 1.165) is 5.56 Å². The van der Waals surface area contributed by atoms with Crippen LogP contribution in [0.25, 0.3) is 0 Å². The molecule has 2 rings (SSSR count). The molecule has 0 aliphatic carbocycles. The summed E-state index contributed by atoms with van der Waals surface area (Å²) in [5.41, 5.74) is 1.03. The molecule has 0 unspecified atom stereocenters. The Bertz CT molecular complexity index is 408. The topological polar surface area (TPSA) is 44.2 Å². The Kier molecular flexibility index (Phi) is 2.91. The number of rotatable bonds is 0. The van der Waals surface area contributed by atoms with Gasteiger partial charge in [-0.2, -0.15) is 0 Å². The van der Waals surface area contributed by atoms with Gasteiger partial charge in [0.2, 0.25) is 0 Å². The van der Waals surface area contributed by atoms with Crippen molar-refractivity contribution in [1.29, 1.82) is 5.41 Å². The van der Waals surface area contributed by atoms with Gasteiger partial charge < -0.3 is 0 Å². The van der Waals surface area contributed by atoms with E-state index < -0.39 is 0 Å². The van der Waals surface area contributed by atoms with Crippen molar-refractivity contribution in [1.82, 2.24) is 4.90 Å². The van der Waals surface area contributed by atoms with E-state index in [-0.39, 0.29) is 18.9 Å². The van der Waals surface area contributed by atoms with E-state index in [0.29, 0.717) is 11.4 Å². The third kappa shape index (κ3) is 1.62. The fourth-order valence-corrected chi connectivity index (χ4v) is 1.86. The number of fused-ring (bicyclic) bond motifs is 1. The highest BCUT2D eigenvalue weighted by molar-refractivity contribution is 6.22. The number of hydrogen-bond acceptors (Lipinski definition) is 2. The van der Waals surface area contributed by atoms with Gasteiger partial charge in [0.1, 0.15) is 5.84 Å². The van der Waals surface area contributed by atoms with Crippen LogP contribution in [0, 0.1) is 5.41 Å². The normalized spacial score (nSPS) is 14.8. The summed E-state index contributed by atoms with van der Waals surface area (Å²) < 4.78 is 0. The van der Waals surface area contributed by atoms with Gasteiger partial charge >= 0.3 is 0 Å². The first-order valence-electron chi connectivity index (χ1n) is 4.95. The summed E-state index contributed by atoms with van der Waals surface area (Å²) in [6, 6.07) is 7.28. The largest absolute Gasteiger partial charge is 0.287 e. The van der Waals surface area contributed by atoms with E-state index >= 15 is 0 Å². The van der Waals surface area contributed by atoms with Crippen molar-refractivity contribution in [3.05, 3.63) is 35.4 Å². The third-order valence-electron chi connectivity index (χ3n) is 2.51. The quantitative estimate of drug-likeness (QED) is 0.715. The summed E-state index contributed by atoms with van der Waals surface area (Å²) in [5.74, 6) is 0.242. The summed E-state index contributed by atoms with van der Waals surface area (Å²) in [6.45, 7) is 5.81. The Balaban J connectivity index is 0.00000128. The average molecular weight is 218 g/mol. The molecule has 1 N–H and O–H groups in total. The minimum Gasteiger partial charge on any atom is -0.287 e. The van der Waals surface area contributed by atoms with Crippen molar-refractivity contribution in [2.75, 3.05) is 0 Å². The van der Waals surface area contributed by atoms with E-state index in [4.69, 9.17) is 5.41 Å². The summed E-state index contributed by atoms with van der Waals surface area (Å²) in [6.07, 6.45) is 0. The lowest BCUT2D eigenvalue weighted by Gasteiger charge is -2.31. The Hall–Kier alpha value is -1.64. The van der Waals surface area contributed by atoms with Crippen LogP contribution in [-0.2, 0) is 0 Å². The number of carbonyl (C=O) groups is 1. The molecule has 0 atom stereocenters. The zero-order valence-corrected chi connectivity index (χ0v) is 9.16. The highest BCUT2D eigenvalue weighted by Gasteiger charge is 2.38. The molecule has 1 heterocycles. The minimum absolute atomic E-state index is 0. The van der Waals surface area contributed by atoms with Gasteiger partial charge in [0.25, 0.3) is 5.91 Å². The second kappa shape index (κ2) is 3.74. The lowest BCUT2D eigenvalue weighted by atomic mass is 10.1. The average Bonchev–Trinajstić information content (AvgIpc) is 2.39. The van der Waals surface area contributed by atoms with Crippen LogP contribution in [0.1, 0.15) is 44.1 Å². The molecule has 1 aromatic rings. The molecule has 0 bridgehead atoms. The van der Waals surface area contributed by atoms with Crippen LogP contribution >= 0.6 is 0 Å². The minimum atomic E-state index is -0.340. The number of benzene rings is 1. The number of amides is 1. The molecule has 0 radical (unpaired) electrons. The van der Waals surface area contributed by atoms with Crippen LogP contribution in [0.15, 0.2) is 24.3 Å². The second-order valence-electron chi connectivity index (χ2n) is 4.71. The Morgan fingerprint density at radius 3 is 2.06 bits per heavy atom. The summed E-state index contributed by atoms with van der Waals surface area (Å²) in [5, 5.41) is 7.98. The van der Waals surface area contributed by atoms with Crippen LogP contribution in [0.4, 0.5) is 0 Å². The van der Waals surface area contributed by atoms with Crippen LogP contribution in [0.2, 0.25) is 0 Å². The Labute approximate surface area is 96.6 Å². The molecule has 0 fully saturated rings. The number of carbonyl (C=O) groups excluding carboxylic acids is 1. The maximum absolute atomic E-state index is 12.0. The summed E-state index contributed by atoms with van der Waals surface area (Å²) in [7, 11) is 0. The Morgan fingerprint density at radius 2 is 1.62 bits per heavy atom. The maximum Gasteiger partial charge on any atom is 0.260 e. The number of nitrogens with zero attached hydrogens (tertiary/aromatic N) is 1. The van der Waals surface area contributed by atoms with Crippen molar-refractivity contribution in [3.8, 4) is 0 Å². The number of nitrogens with one attached hydrogen (secondary N) is 1. The van der Waals surface area contributed by atoms with Crippen molar-refractivity contribution in [2.45, 2.75) is 33.7 Å². The van der Waals surface area contributed by atoms with Gasteiger partial charge in [-0.25, -0.2) is 0 Å². The highest BCUT2D eigenvalue weighted by Crippen LogP contribution is 2.28. The summed E-state index contributed by atoms with van der Waals surface area (Å²) in [4.78, 5) is 13.6. The van der Waals surface area contributed by atoms with Crippen molar-refractivity contribution < 1.29 is 4.79 Å². The lowest BCUT2D eigenvalue weighted by Crippen LogP contribution is -2.45. The Morgan fingerprint density at radius 1 is 1.12 bits per heavy atom. The van der Waals surface area contributed by atoms with Crippen LogP contribution < -0.4 is 0 Å². The van der Waals surface area contributed by atoms with E-state index in [1.165, 1.54) is 4.90 Å². The van der Waals surface area contributed by atoms with Gasteiger partial charge in [-0.3, -0.25) is 15.1 Å². The fourth-order valence-electron chi connectivity index (χ4n) is 1.86. The molecule has 0 spiro atoms. The first kappa shape index (κ1) is 12.4. The number of amidine groups is 1. The molecule has 0 saturated carbocycles. The second-order valence-corrected chi connectivity index (χ2v) is 4.71. The van der Waals surface area contributed by atoms with E-state index in [9.17, 15) is 4.79 Å². The van der Waals surface area contributed by atoms with Crippen LogP contribution in [0.5, 0.6) is 0 Å². The van der Waals surface area contributed by atoms with Gasteiger partial charge in [0.05, 0.1) is 5.56 Å². The molecule has 1 amide bonds. The predicted molar refractivity (Wildman–Crippen MR) is 65.9 cm³/mol.